The van der Waals surface area contributed by atoms with Gasteiger partial charge in [0.25, 0.3) is 0 Å². The Bertz CT molecular complexity index is 692. The molecule has 0 saturated carbocycles. The summed E-state index contributed by atoms with van der Waals surface area (Å²) in [5, 5.41) is 3.43. The van der Waals surface area contributed by atoms with Crippen LogP contribution in [-0.2, 0) is 0 Å². The molecular formula is C21H31N5. The van der Waals surface area contributed by atoms with Gasteiger partial charge < -0.3 is 15.1 Å². The van der Waals surface area contributed by atoms with E-state index in [2.05, 4.69) is 63.3 Å². The fourth-order valence-electron chi connectivity index (χ4n) is 3.38. The highest BCUT2D eigenvalue weighted by Crippen LogP contribution is 2.24. The minimum absolute atomic E-state index is 0.790. The maximum atomic E-state index is 4.57. The van der Waals surface area contributed by atoms with Crippen molar-refractivity contribution in [2.75, 3.05) is 41.8 Å². The predicted molar refractivity (Wildman–Crippen MR) is 111 cm³/mol. The van der Waals surface area contributed by atoms with E-state index in [9.17, 15) is 0 Å². The number of aryl methyl sites for hydroxylation is 1. The molecule has 1 aromatic carbocycles. The summed E-state index contributed by atoms with van der Waals surface area (Å²) < 4.78 is 0. The number of rotatable bonds is 7. The average Bonchev–Trinajstić information content (AvgIpc) is 2.67. The summed E-state index contributed by atoms with van der Waals surface area (Å²) in [6.45, 7) is 7.51. The van der Waals surface area contributed by atoms with E-state index >= 15 is 0 Å². The van der Waals surface area contributed by atoms with Gasteiger partial charge in [-0.05, 0) is 56.9 Å². The second-order valence-corrected chi connectivity index (χ2v) is 7.15. The molecule has 140 valence electrons. The largest absolute Gasteiger partial charge is 0.372 e. The predicted octanol–water partition coefficient (Wildman–Crippen LogP) is 4.76. The summed E-state index contributed by atoms with van der Waals surface area (Å²) in [5.74, 6) is 2.61. The van der Waals surface area contributed by atoms with Gasteiger partial charge in [-0.3, -0.25) is 0 Å². The molecular weight excluding hydrogens is 322 g/mol. The summed E-state index contributed by atoms with van der Waals surface area (Å²) in [6, 6.07) is 10.7. The van der Waals surface area contributed by atoms with Gasteiger partial charge in [0.05, 0.1) is 0 Å². The summed E-state index contributed by atoms with van der Waals surface area (Å²) in [5.41, 5.74) is 2.38. The number of piperidine rings is 1. The molecule has 1 aromatic heterocycles. The fraction of sp³-hybridized carbons (Fsp3) is 0.524. The first kappa shape index (κ1) is 18.5. The van der Waals surface area contributed by atoms with Gasteiger partial charge in [0.15, 0.2) is 0 Å². The normalized spacial score (nSPS) is 14.3. The summed E-state index contributed by atoms with van der Waals surface area (Å²) in [4.78, 5) is 13.8. The fourth-order valence-corrected chi connectivity index (χ4v) is 3.38. The molecule has 3 rings (SSSR count). The SMILES string of the molecule is CCCCN(C)c1cc(Nc2ccc(N3CCCCC3)cc2)nc(C)n1. The summed E-state index contributed by atoms with van der Waals surface area (Å²) >= 11 is 0. The molecule has 5 heteroatoms. The number of unbranched alkanes of at least 4 members (excludes halogenated alkanes) is 1. The van der Waals surface area contributed by atoms with Crippen LogP contribution >= 0.6 is 0 Å². The molecule has 0 amide bonds. The van der Waals surface area contributed by atoms with Crippen LogP contribution in [0.4, 0.5) is 23.0 Å². The zero-order chi connectivity index (χ0) is 18.4. The van der Waals surface area contributed by atoms with Crippen molar-refractivity contribution in [1.29, 1.82) is 0 Å². The maximum absolute atomic E-state index is 4.57. The van der Waals surface area contributed by atoms with E-state index in [1.165, 1.54) is 50.9 Å². The quantitative estimate of drug-likeness (QED) is 0.778. The molecule has 0 aliphatic carbocycles. The lowest BCUT2D eigenvalue weighted by molar-refractivity contribution is 0.578. The van der Waals surface area contributed by atoms with E-state index in [4.69, 9.17) is 0 Å². The average molecular weight is 354 g/mol. The Balaban J connectivity index is 1.69. The molecule has 5 nitrogen and oxygen atoms in total. The van der Waals surface area contributed by atoms with Crippen LogP contribution in [0.5, 0.6) is 0 Å². The van der Waals surface area contributed by atoms with E-state index in [0.717, 1.165) is 29.7 Å². The zero-order valence-corrected chi connectivity index (χ0v) is 16.3. The third-order valence-corrected chi connectivity index (χ3v) is 4.92. The molecule has 26 heavy (non-hydrogen) atoms. The second kappa shape index (κ2) is 8.88. The lowest BCUT2D eigenvalue weighted by Gasteiger charge is -2.28. The standard InChI is InChI=1S/C21H31N5/c1-4-5-13-25(3)21-16-20(22-17(2)23-21)24-18-9-11-19(12-10-18)26-14-7-6-8-15-26/h9-12,16H,4-8,13-15H2,1-3H3,(H,22,23,24). The molecule has 0 spiro atoms. The Morgan fingerprint density at radius 3 is 2.50 bits per heavy atom. The number of benzene rings is 1. The lowest BCUT2D eigenvalue weighted by atomic mass is 10.1. The number of aromatic nitrogens is 2. The lowest BCUT2D eigenvalue weighted by Crippen LogP contribution is -2.29. The van der Waals surface area contributed by atoms with Gasteiger partial charge >= 0.3 is 0 Å². The molecule has 1 fully saturated rings. The van der Waals surface area contributed by atoms with E-state index in [1.54, 1.807) is 0 Å². The molecule has 0 radical (unpaired) electrons. The number of hydrogen-bond acceptors (Lipinski definition) is 5. The highest BCUT2D eigenvalue weighted by atomic mass is 15.2. The first-order valence-electron chi connectivity index (χ1n) is 9.84. The highest BCUT2D eigenvalue weighted by molar-refractivity contribution is 5.62. The zero-order valence-electron chi connectivity index (χ0n) is 16.3. The minimum atomic E-state index is 0.790. The van der Waals surface area contributed by atoms with Crippen molar-refractivity contribution in [3.05, 3.63) is 36.2 Å². The van der Waals surface area contributed by atoms with Gasteiger partial charge in [0, 0.05) is 44.1 Å². The van der Waals surface area contributed by atoms with Gasteiger partial charge in [-0.1, -0.05) is 13.3 Å². The van der Waals surface area contributed by atoms with Gasteiger partial charge in [-0.15, -0.1) is 0 Å². The first-order valence-corrected chi connectivity index (χ1v) is 9.84. The van der Waals surface area contributed by atoms with Crippen molar-refractivity contribution in [3.63, 3.8) is 0 Å². The van der Waals surface area contributed by atoms with Crippen LogP contribution in [0.2, 0.25) is 0 Å². The highest BCUT2D eigenvalue weighted by Gasteiger charge is 2.11. The minimum Gasteiger partial charge on any atom is -0.372 e. The molecule has 1 aliphatic heterocycles. The third-order valence-electron chi connectivity index (χ3n) is 4.92. The smallest absolute Gasteiger partial charge is 0.136 e. The first-order chi connectivity index (χ1) is 12.7. The van der Waals surface area contributed by atoms with Crippen molar-refractivity contribution in [1.82, 2.24) is 9.97 Å². The number of anilines is 4. The van der Waals surface area contributed by atoms with Crippen molar-refractivity contribution in [3.8, 4) is 0 Å². The molecule has 0 unspecified atom stereocenters. The summed E-state index contributed by atoms with van der Waals surface area (Å²) in [7, 11) is 2.09. The monoisotopic (exact) mass is 353 g/mol. The third kappa shape index (κ3) is 4.87. The van der Waals surface area contributed by atoms with E-state index in [0.29, 0.717) is 0 Å². The van der Waals surface area contributed by atoms with Crippen LogP contribution in [0.15, 0.2) is 30.3 Å². The van der Waals surface area contributed by atoms with Gasteiger partial charge in [0.1, 0.15) is 17.5 Å². The summed E-state index contributed by atoms with van der Waals surface area (Å²) in [6.07, 6.45) is 6.31. The number of nitrogens with one attached hydrogen (secondary N) is 1. The van der Waals surface area contributed by atoms with Crippen LogP contribution in [0, 0.1) is 6.92 Å². The van der Waals surface area contributed by atoms with Crippen LogP contribution in [-0.4, -0.2) is 36.6 Å². The van der Waals surface area contributed by atoms with Crippen molar-refractivity contribution in [2.24, 2.45) is 0 Å². The Morgan fingerprint density at radius 2 is 1.81 bits per heavy atom. The van der Waals surface area contributed by atoms with E-state index in [-0.39, 0.29) is 0 Å². The Kier molecular flexibility index (Phi) is 6.31. The van der Waals surface area contributed by atoms with Gasteiger partial charge in [0.2, 0.25) is 0 Å². The van der Waals surface area contributed by atoms with Gasteiger partial charge in [-0.25, -0.2) is 9.97 Å². The topological polar surface area (TPSA) is 44.3 Å². The second-order valence-electron chi connectivity index (χ2n) is 7.15. The number of nitrogens with zero attached hydrogens (tertiary/aromatic N) is 4. The Morgan fingerprint density at radius 1 is 1.08 bits per heavy atom. The van der Waals surface area contributed by atoms with Crippen LogP contribution in [0.1, 0.15) is 44.9 Å². The van der Waals surface area contributed by atoms with Crippen molar-refractivity contribution in [2.45, 2.75) is 46.0 Å². The van der Waals surface area contributed by atoms with Crippen LogP contribution in [0.3, 0.4) is 0 Å². The number of hydrogen-bond donors (Lipinski definition) is 1. The Hall–Kier alpha value is -2.30. The van der Waals surface area contributed by atoms with Crippen molar-refractivity contribution >= 4 is 23.0 Å². The molecule has 1 N–H and O–H groups in total. The van der Waals surface area contributed by atoms with Gasteiger partial charge in [-0.2, -0.15) is 0 Å². The van der Waals surface area contributed by atoms with Crippen LogP contribution < -0.4 is 15.1 Å². The van der Waals surface area contributed by atoms with E-state index in [1.807, 2.05) is 13.0 Å². The molecule has 0 bridgehead atoms. The molecule has 0 atom stereocenters. The molecule has 1 saturated heterocycles. The van der Waals surface area contributed by atoms with Crippen LogP contribution in [0.25, 0.3) is 0 Å². The molecule has 2 aromatic rings. The molecule has 1 aliphatic rings. The van der Waals surface area contributed by atoms with Crippen molar-refractivity contribution < 1.29 is 0 Å². The molecule has 2 heterocycles. The maximum Gasteiger partial charge on any atom is 0.136 e. The van der Waals surface area contributed by atoms with E-state index < -0.39 is 0 Å². The Labute approximate surface area is 157 Å².